The van der Waals surface area contributed by atoms with Crippen LogP contribution in [0.15, 0.2) is 28.7 Å². The van der Waals surface area contributed by atoms with Crippen LogP contribution in [-0.4, -0.2) is 13.2 Å². The third-order valence-electron chi connectivity index (χ3n) is 4.68. The highest BCUT2D eigenvalue weighted by atomic mass is 16.5. The molecule has 1 saturated carbocycles. The fraction of sp³-hybridized carbons (Fsp3) is 0.556. The van der Waals surface area contributed by atoms with Gasteiger partial charge in [0.2, 0.25) is 0 Å². The van der Waals surface area contributed by atoms with Gasteiger partial charge in [0, 0.05) is 11.4 Å². The van der Waals surface area contributed by atoms with Gasteiger partial charge in [-0.25, -0.2) is 0 Å². The normalized spacial score (nSPS) is 24.1. The zero-order valence-electron chi connectivity index (χ0n) is 13.2. The number of furan rings is 1. The molecule has 1 aromatic carbocycles. The minimum absolute atomic E-state index is 0.237. The van der Waals surface area contributed by atoms with Crippen LogP contribution >= 0.6 is 0 Å². The van der Waals surface area contributed by atoms with Gasteiger partial charge in [0.25, 0.3) is 0 Å². The average molecular weight is 287 g/mol. The maximum atomic E-state index is 6.03. The molecule has 1 N–H and O–H groups in total. The lowest BCUT2D eigenvalue weighted by Gasteiger charge is -2.29. The predicted molar refractivity (Wildman–Crippen MR) is 85.7 cm³/mol. The minimum Gasteiger partial charge on any atom is -0.493 e. The number of benzene rings is 1. The monoisotopic (exact) mass is 287 g/mol. The summed E-state index contributed by atoms with van der Waals surface area (Å²) in [5.74, 6) is 2.68. The summed E-state index contributed by atoms with van der Waals surface area (Å²) in [5, 5.41) is 4.83. The van der Waals surface area contributed by atoms with Crippen molar-refractivity contribution in [2.75, 3.05) is 7.11 Å². The summed E-state index contributed by atoms with van der Waals surface area (Å²) in [5.41, 5.74) is 0.848. The zero-order chi connectivity index (χ0) is 14.8. The highest BCUT2D eigenvalue weighted by molar-refractivity contribution is 5.83. The Morgan fingerprint density at radius 2 is 2.00 bits per heavy atom. The van der Waals surface area contributed by atoms with Crippen LogP contribution in [0, 0.1) is 5.92 Å². The minimum atomic E-state index is 0.237. The molecule has 0 amide bonds. The van der Waals surface area contributed by atoms with Crippen molar-refractivity contribution >= 4 is 11.0 Å². The van der Waals surface area contributed by atoms with Crippen molar-refractivity contribution in [2.24, 2.45) is 5.92 Å². The van der Waals surface area contributed by atoms with Crippen molar-refractivity contribution in [2.45, 2.75) is 51.6 Å². The van der Waals surface area contributed by atoms with Gasteiger partial charge in [-0.2, -0.15) is 0 Å². The highest BCUT2D eigenvalue weighted by Gasteiger charge is 2.21. The molecule has 0 saturated heterocycles. The molecular formula is C18H25NO2. The fourth-order valence-corrected chi connectivity index (χ4v) is 3.29. The summed E-state index contributed by atoms with van der Waals surface area (Å²) in [6.07, 6.45) is 5.21. The molecule has 1 fully saturated rings. The fourth-order valence-electron chi connectivity index (χ4n) is 3.29. The van der Waals surface area contributed by atoms with E-state index in [1.807, 2.05) is 12.1 Å². The molecule has 0 aliphatic heterocycles. The Hall–Kier alpha value is -1.48. The second-order valence-corrected chi connectivity index (χ2v) is 6.37. The first-order valence-corrected chi connectivity index (χ1v) is 8.00. The lowest BCUT2D eigenvalue weighted by Crippen LogP contribution is -2.34. The largest absolute Gasteiger partial charge is 0.493 e. The van der Waals surface area contributed by atoms with Crippen molar-refractivity contribution in [3.8, 4) is 5.75 Å². The Morgan fingerprint density at radius 1 is 1.24 bits per heavy atom. The second-order valence-electron chi connectivity index (χ2n) is 6.37. The second kappa shape index (κ2) is 6.10. The van der Waals surface area contributed by atoms with Crippen LogP contribution in [0.3, 0.4) is 0 Å². The van der Waals surface area contributed by atoms with Gasteiger partial charge in [-0.05, 0) is 50.7 Å². The van der Waals surface area contributed by atoms with Gasteiger partial charge < -0.3 is 14.5 Å². The molecule has 2 aromatic rings. The number of hydrogen-bond acceptors (Lipinski definition) is 3. The summed E-state index contributed by atoms with van der Waals surface area (Å²) in [4.78, 5) is 0. The van der Waals surface area contributed by atoms with Gasteiger partial charge in [-0.3, -0.25) is 0 Å². The van der Waals surface area contributed by atoms with E-state index in [4.69, 9.17) is 9.15 Å². The van der Waals surface area contributed by atoms with Crippen LogP contribution in [0.1, 0.15) is 51.3 Å². The van der Waals surface area contributed by atoms with Gasteiger partial charge >= 0.3 is 0 Å². The molecule has 3 nitrogen and oxygen atoms in total. The van der Waals surface area contributed by atoms with Gasteiger partial charge in [-0.1, -0.05) is 19.1 Å². The smallest absolute Gasteiger partial charge is 0.176 e. The molecule has 3 rings (SSSR count). The van der Waals surface area contributed by atoms with E-state index in [1.54, 1.807) is 7.11 Å². The molecule has 3 heteroatoms. The number of hydrogen-bond donors (Lipinski definition) is 1. The number of nitrogens with one attached hydrogen (secondary N) is 1. The zero-order valence-corrected chi connectivity index (χ0v) is 13.2. The average Bonchev–Trinajstić information content (AvgIpc) is 2.93. The Morgan fingerprint density at radius 3 is 2.71 bits per heavy atom. The van der Waals surface area contributed by atoms with Crippen LogP contribution in [-0.2, 0) is 0 Å². The van der Waals surface area contributed by atoms with Crippen molar-refractivity contribution < 1.29 is 9.15 Å². The Kier molecular flexibility index (Phi) is 4.20. The van der Waals surface area contributed by atoms with Crippen LogP contribution in [0.2, 0.25) is 0 Å². The van der Waals surface area contributed by atoms with Crippen molar-refractivity contribution in [1.29, 1.82) is 0 Å². The predicted octanol–water partition coefficient (Wildman–Crippen LogP) is 4.67. The molecule has 21 heavy (non-hydrogen) atoms. The Labute approximate surface area is 126 Å². The molecule has 0 spiro atoms. The van der Waals surface area contributed by atoms with Gasteiger partial charge in [0.15, 0.2) is 11.3 Å². The van der Waals surface area contributed by atoms with Gasteiger partial charge in [-0.15, -0.1) is 0 Å². The molecule has 1 aliphatic rings. The molecule has 1 aliphatic carbocycles. The summed E-state index contributed by atoms with van der Waals surface area (Å²) >= 11 is 0. The summed E-state index contributed by atoms with van der Waals surface area (Å²) in [6.45, 7) is 4.54. The summed E-state index contributed by atoms with van der Waals surface area (Å²) in [6, 6.07) is 8.99. The quantitative estimate of drug-likeness (QED) is 0.887. The molecule has 114 valence electrons. The number of ether oxygens (including phenoxy) is 1. The first kappa shape index (κ1) is 14.5. The number of para-hydroxylation sites is 1. The van der Waals surface area contributed by atoms with E-state index in [2.05, 4.69) is 31.3 Å². The first-order valence-electron chi connectivity index (χ1n) is 8.00. The van der Waals surface area contributed by atoms with Crippen molar-refractivity contribution in [3.63, 3.8) is 0 Å². The molecule has 0 bridgehead atoms. The highest BCUT2D eigenvalue weighted by Crippen LogP contribution is 2.32. The van der Waals surface area contributed by atoms with Gasteiger partial charge in [0.1, 0.15) is 5.76 Å². The summed E-state index contributed by atoms with van der Waals surface area (Å²) < 4.78 is 11.4. The molecule has 1 aromatic heterocycles. The number of methoxy groups -OCH3 is 1. The van der Waals surface area contributed by atoms with Crippen LogP contribution in [0.5, 0.6) is 5.75 Å². The van der Waals surface area contributed by atoms with E-state index in [-0.39, 0.29) is 6.04 Å². The Balaban J connectivity index is 1.74. The molecule has 1 unspecified atom stereocenters. The Bertz CT molecular complexity index is 596. The van der Waals surface area contributed by atoms with E-state index >= 15 is 0 Å². The van der Waals surface area contributed by atoms with Gasteiger partial charge in [0.05, 0.1) is 13.2 Å². The number of fused-ring (bicyclic) bond motifs is 1. The van der Waals surface area contributed by atoms with E-state index in [9.17, 15) is 0 Å². The van der Waals surface area contributed by atoms with Crippen LogP contribution < -0.4 is 10.1 Å². The van der Waals surface area contributed by atoms with E-state index in [1.165, 1.54) is 25.7 Å². The molecular weight excluding hydrogens is 262 g/mol. The van der Waals surface area contributed by atoms with Crippen LogP contribution in [0.4, 0.5) is 0 Å². The lowest BCUT2D eigenvalue weighted by molar-refractivity contribution is 0.281. The SMILES string of the molecule is COc1cccc2cc(C(C)NC3CCC(C)CC3)oc12. The van der Waals surface area contributed by atoms with E-state index < -0.39 is 0 Å². The van der Waals surface area contributed by atoms with E-state index in [0.29, 0.717) is 6.04 Å². The summed E-state index contributed by atoms with van der Waals surface area (Å²) in [7, 11) is 1.68. The maximum absolute atomic E-state index is 6.03. The third-order valence-corrected chi connectivity index (χ3v) is 4.68. The topological polar surface area (TPSA) is 34.4 Å². The van der Waals surface area contributed by atoms with E-state index in [0.717, 1.165) is 28.4 Å². The van der Waals surface area contributed by atoms with Crippen molar-refractivity contribution in [3.05, 3.63) is 30.0 Å². The standard InChI is InChI=1S/C18H25NO2/c1-12-7-9-15(10-8-12)19-13(2)17-11-14-5-4-6-16(20-3)18(14)21-17/h4-6,11-13,15,19H,7-10H2,1-3H3. The maximum Gasteiger partial charge on any atom is 0.176 e. The van der Waals surface area contributed by atoms with Crippen LogP contribution in [0.25, 0.3) is 11.0 Å². The van der Waals surface area contributed by atoms with Crippen molar-refractivity contribution in [1.82, 2.24) is 5.32 Å². The first-order chi connectivity index (χ1) is 10.2. The molecule has 0 radical (unpaired) electrons. The number of rotatable bonds is 4. The third kappa shape index (κ3) is 3.08. The molecule has 1 heterocycles. The lowest BCUT2D eigenvalue weighted by atomic mass is 9.87. The molecule has 1 atom stereocenters.